The monoisotopic (exact) mass is 431 g/mol. The van der Waals surface area contributed by atoms with E-state index in [1.165, 1.54) is 0 Å². The van der Waals surface area contributed by atoms with Crippen molar-refractivity contribution in [1.29, 1.82) is 0 Å². The number of nitrogens with two attached hydrogens (primary N) is 1. The zero-order chi connectivity index (χ0) is 21.4. The fourth-order valence-electron chi connectivity index (χ4n) is 4.04. The van der Waals surface area contributed by atoms with E-state index in [2.05, 4.69) is 33.1 Å². The first kappa shape index (κ1) is 19.5. The van der Waals surface area contributed by atoms with Crippen molar-refractivity contribution < 1.29 is 8.42 Å². The maximum atomic E-state index is 12.8. The summed E-state index contributed by atoms with van der Waals surface area (Å²) in [6.45, 7) is 0.662. The summed E-state index contributed by atoms with van der Waals surface area (Å²) in [4.78, 5) is 0.690. The molecule has 2 aliphatic rings. The van der Waals surface area contributed by atoms with E-state index >= 15 is 0 Å². The molecule has 3 aromatic rings. The van der Waals surface area contributed by atoms with Crippen LogP contribution in [0.15, 0.2) is 92.8 Å². The number of hydrazone groups is 2. The summed E-state index contributed by atoms with van der Waals surface area (Å²) in [7, 11) is -3.48. The Hall–Kier alpha value is -3.49. The highest BCUT2D eigenvalue weighted by Crippen LogP contribution is 2.43. The van der Waals surface area contributed by atoms with Crippen LogP contribution in [0.25, 0.3) is 11.1 Å². The molecule has 4 N–H and O–H groups in total. The lowest BCUT2D eigenvalue weighted by atomic mass is 9.96. The fourth-order valence-corrected chi connectivity index (χ4v) is 5.71. The summed E-state index contributed by atoms with van der Waals surface area (Å²) in [5, 5.41) is 11.7. The van der Waals surface area contributed by atoms with Gasteiger partial charge >= 0.3 is 0 Å². The minimum absolute atomic E-state index is 0.137. The molecule has 1 atom stereocenters. The summed E-state index contributed by atoms with van der Waals surface area (Å²) in [5.41, 5.74) is 7.20. The van der Waals surface area contributed by atoms with Crippen LogP contribution in [0.2, 0.25) is 0 Å². The van der Waals surface area contributed by atoms with Crippen LogP contribution in [0, 0.1) is 0 Å². The summed E-state index contributed by atoms with van der Waals surface area (Å²) in [5.74, 6) is 6.12. The maximum absolute atomic E-state index is 12.8. The Labute approximate surface area is 180 Å². The zero-order valence-corrected chi connectivity index (χ0v) is 17.4. The molecule has 0 saturated heterocycles. The number of fused-ring (bicyclic) bond motifs is 3. The van der Waals surface area contributed by atoms with Gasteiger partial charge in [0.25, 0.3) is 0 Å². The number of benzene rings is 3. The molecule has 5 rings (SSSR count). The molecule has 0 aromatic heterocycles. The Morgan fingerprint density at radius 2 is 1.74 bits per heavy atom. The molecule has 0 saturated carbocycles. The molecular formula is C23H21N5O2S. The van der Waals surface area contributed by atoms with E-state index < -0.39 is 9.84 Å². The first-order valence-corrected chi connectivity index (χ1v) is 11.4. The first-order valence-electron chi connectivity index (χ1n) is 9.94. The van der Waals surface area contributed by atoms with Crippen molar-refractivity contribution >= 4 is 21.4 Å². The van der Waals surface area contributed by atoms with Gasteiger partial charge in [0.05, 0.1) is 21.5 Å². The molecule has 1 unspecified atom stereocenters. The van der Waals surface area contributed by atoms with Crippen molar-refractivity contribution in [2.24, 2.45) is 16.0 Å². The predicted octanol–water partition coefficient (Wildman–Crippen LogP) is 2.63. The lowest BCUT2D eigenvalue weighted by Gasteiger charge is -2.25. The van der Waals surface area contributed by atoms with E-state index in [4.69, 9.17) is 5.84 Å². The van der Waals surface area contributed by atoms with Crippen molar-refractivity contribution in [2.45, 2.75) is 28.8 Å². The molecule has 0 bridgehead atoms. The molecule has 2 heterocycles. The molecule has 0 amide bonds. The molecule has 2 aliphatic heterocycles. The van der Waals surface area contributed by atoms with E-state index in [1.54, 1.807) is 18.2 Å². The minimum atomic E-state index is -3.48. The first-order chi connectivity index (χ1) is 15.1. The summed E-state index contributed by atoms with van der Waals surface area (Å²) in [6, 6.07) is 22.4. The van der Waals surface area contributed by atoms with Gasteiger partial charge in [-0.2, -0.15) is 10.2 Å². The van der Waals surface area contributed by atoms with E-state index in [9.17, 15) is 8.42 Å². The smallest absolute Gasteiger partial charge is 0.207 e. The van der Waals surface area contributed by atoms with Gasteiger partial charge in [0.2, 0.25) is 9.84 Å². The highest BCUT2D eigenvalue weighted by Gasteiger charge is 2.33. The fraction of sp³-hybridized carbons (Fsp3) is 0.130. The molecular weight excluding hydrogens is 410 g/mol. The molecule has 0 spiro atoms. The Bertz CT molecular complexity index is 1320. The van der Waals surface area contributed by atoms with Crippen molar-refractivity contribution in [1.82, 2.24) is 10.7 Å². The largest absolute Gasteiger partial charge is 0.321 e. The normalized spacial score (nSPS) is 19.9. The second-order valence-corrected chi connectivity index (χ2v) is 9.40. The van der Waals surface area contributed by atoms with Crippen LogP contribution in [-0.2, 0) is 16.4 Å². The van der Waals surface area contributed by atoms with Crippen LogP contribution >= 0.6 is 0 Å². The molecule has 7 nitrogen and oxygen atoms in total. The predicted molar refractivity (Wildman–Crippen MR) is 120 cm³/mol. The second-order valence-electron chi connectivity index (χ2n) is 7.52. The Morgan fingerprint density at radius 3 is 2.55 bits per heavy atom. The van der Waals surface area contributed by atoms with Crippen molar-refractivity contribution in [3.8, 4) is 11.1 Å². The van der Waals surface area contributed by atoms with Crippen LogP contribution in [0.4, 0.5) is 0 Å². The average molecular weight is 432 g/mol. The number of sulfone groups is 1. The van der Waals surface area contributed by atoms with Crippen molar-refractivity contribution in [3.63, 3.8) is 0 Å². The standard InChI is InChI=1S/C23H21N5O2S/c24-26-23-20(25-14-15-6-2-1-3-7-15)13-19(27-28-23)16-10-11-22-18(12-16)17-8-4-5-9-21(17)31(22,29)30/h1-12,20,25H,13-14,24H2,(H,26,28). The topological polar surface area (TPSA) is 109 Å². The van der Waals surface area contributed by atoms with E-state index in [0.29, 0.717) is 34.2 Å². The van der Waals surface area contributed by atoms with Gasteiger partial charge in [-0.15, -0.1) is 0 Å². The van der Waals surface area contributed by atoms with E-state index in [1.807, 2.05) is 42.5 Å². The van der Waals surface area contributed by atoms with Crippen LogP contribution in [0.3, 0.4) is 0 Å². The molecule has 0 aliphatic carbocycles. The van der Waals surface area contributed by atoms with Crippen molar-refractivity contribution in [3.05, 3.63) is 83.9 Å². The third-order valence-corrected chi connectivity index (χ3v) is 7.51. The number of nitrogens with zero attached hydrogens (tertiary/aromatic N) is 2. The van der Waals surface area contributed by atoms with E-state index in [-0.39, 0.29) is 6.04 Å². The van der Waals surface area contributed by atoms with Gasteiger partial charge < -0.3 is 11.2 Å². The highest BCUT2D eigenvalue weighted by molar-refractivity contribution is 7.92. The van der Waals surface area contributed by atoms with E-state index in [0.717, 1.165) is 22.4 Å². The Kier molecular flexibility index (Phi) is 4.80. The van der Waals surface area contributed by atoms with Crippen molar-refractivity contribution in [2.75, 3.05) is 0 Å². The number of nitrogens with one attached hydrogen (secondary N) is 2. The highest BCUT2D eigenvalue weighted by atomic mass is 32.2. The molecule has 156 valence electrons. The molecule has 0 radical (unpaired) electrons. The van der Waals surface area contributed by atoms with Crippen LogP contribution in [0.5, 0.6) is 0 Å². The number of hydrogen-bond acceptors (Lipinski definition) is 6. The minimum Gasteiger partial charge on any atom is -0.321 e. The summed E-state index contributed by atoms with van der Waals surface area (Å²) < 4.78 is 25.7. The number of hydrogen-bond donors (Lipinski definition) is 3. The third-order valence-electron chi connectivity index (χ3n) is 5.64. The van der Waals surface area contributed by atoms with Gasteiger partial charge in [0.1, 0.15) is 0 Å². The third kappa shape index (κ3) is 3.39. The van der Waals surface area contributed by atoms with Gasteiger partial charge in [-0.05, 0) is 29.3 Å². The summed E-state index contributed by atoms with van der Waals surface area (Å²) in [6.07, 6.45) is 0.572. The Balaban J connectivity index is 1.44. The number of rotatable bonds is 4. The van der Waals surface area contributed by atoms with Gasteiger partial charge in [0, 0.05) is 24.1 Å². The van der Waals surface area contributed by atoms with Gasteiger partial charge in [-0.3, -0.25) is 5.43 Å². The molecule has 3 aromatic carbocycles. The average Bonchev–Trinajstić information content (AvgIpc) is 3.05. The van der Waals surface area contributed by atoms with Crippen LogP contribution in [-0.4, -0.2) is 26.0 Å². The Morgan fingerprint density at radius 1 is 1.00 bits per heavy atom. The van der Waals surface area contributed by atoms with Gasteiger partial charge in [-0.25, -0.2) is 8.42 Å². The molecule has 0 fully saturated rings. The second kappa shape index (κ2) is 7.64. The SMILES string of the molecule is N/N=C1\NN=C(c2ccc3c(c2)-c2ccccc2S3(=O)=O)CC1NCc1ccccc1. The molecule has 31 heavy (non-hydrogen) atoms. The van der Waals surface area contributed by atoms with Gasteiger partial charge in [-0.1, -0.05) is 54.6 Å². The van der Waals surface area contributed by atoms with Crippen LogP contribution in [0.1, 0.15) is 17.5 Å². The lowest BCUT2D eigenvalue weighted by molar-refractivity contribution is 0.598. The van der Waals surface area contributed by atoms with Gasteiger partial charge in [0.15, 0.2) is 5.84 Å². The summed E-state index contributed by atoms with van der Waals surface area (Å²) >= 11 is 0. The quantitative estimate of drug-likeness (QED) is 0.340. The lowest BCUT2D eigenvalue weighted by Crippen LogP contribution is -2.48. The number of amidine groups is 1. The van der Waals surface area contributed by atoms with Crippen LogP contribution < -0.4 is 16.6 Å². The zero-order valence-electron chi connectivity index (χ0n) is 16.6. The maximum Gasteiger partial charge on any atom is 0.207 e. The molecule has 8 heteroatoms.